The van der Waals surface area contributed by atoms with Gasteiger partial charge in [0.2, 0.25) is 0 Å². The van der Waals surface area contributed by atoms with Crippen LogP contribution in [0, 0.1) is 20.8 Å². The lowest BCUT2D eigenvalue weighted by atomic mass is 10.2. The SMILES string of the molecule is CCN(N=O)c1ccc([N+](=O)[O-])cc1F. The van der Waals surface area contributed by atoms with E-state index in [-0.39, 0.29) is 17.9 Å². The van der Waals surface area contributed by atoms with E-state index in [2.05, 4.69) is 5.29 Å². The Bertz CT molecular complexity index is 397. The number of nitroso groups, excluding NO2 is 1. The molecule has 0 N–H and O–H groups in total. The van der Waals surface area contributed by atoms with Crippen molar-refractivity contribution in [3.05, 3.63) is 39.0 Å². The largest absolute Gasteiger partial charge is 0.272 e. The number of non-ortho nitro benzene ring substituents is 1. The van der Waals surface area contributed by atoms with Crippen LogP contribution in [0.5, 0.6) is 0 Å². The number of hydrogen-bond acceptors (Lipinski definition) is 4. The standard InChI is InChI=1S/C8H8FN3O3/c1-2-11(10-13)8-4-3-6(12(14)15)5-7(8)9/h3-5H,2H2,1H3. The maximum absolute atomic E-state index is 13.3. The fourth-order valence-corrected chi connectivity index (χ4v) is 1.09. The maximum atomic E-state index is 13.3. The zero-order chi connectivity index (χ0) is 11.4. The van der Waals surface area contributed by atoms with Crippen molar-refractivity contribution in [2.45, 2.75) is 6.92 Å². The fourth-order valence-electron chi connectivity index (χ4n) is 1.09. The minimum atomic E-state index is -0.842. The Morgan fingerprint density at radius 1 is 1.60 bits per heavy atom. The molecule has 0 heterocycles. The molecule has 0 bridgehead atoms. The highest BCUT2D eigenvalue weighted by Crippen LogP contribution is 2.23. The van der Waals surface area contributed by atoms with Gasteiger partial charge in [0.15, 0.2) is 5.82 Å². The van der Waals surface area contributed by atoms with Gasteiger partial charge in [0, 0.05) is 12.6 Å². The third-order valence-corrected chi connectivity index (χ3v) is 1.82. The van der Waals surface area contributed by atoms with Crippen molar-refractivity contribution >= 4 is 11.4 Å². The number of nitro benzene ring substituents is 1. The molecule has 1 aromatic rings. The van der Waals surface area contributed by atoms with E-state index in [9.17, 15) is 19.4 Å². The van der Waals surface area contributed by atoms with Gasteiger partial charge in [0.05, 0.1) is 22.0 Å². The highest BCUT2D eigenvalue weighted by atomic mass is 19.1. The van der Waals surface area contributed by atoms with E-state index in [1.54, 1.807) is 6.92 Å². The lowest BCUT2D eigenvalue weighted by molar-refractivity contribution is -0.385. The Hall–Kier alpha value is -2.05. The number of hydrogen-bond donors (Lipinski definition) is 0. The van der Waals surface area contributed by atoms with Crippen molar-refractivity contribution < 1.29 is 9.31 Å². The second kappa shape index (κ2) is 4.45. The van der Waals surface area contributed by atoms with Crippen LogP contribution in [0.2, 0.25) is 0 Å². The van der Waals surface area contributed by atoms with Gasteiger partial charge in [0.25, 0.3) is 5.69 Å². The number of nitro groups is 1. The number of anilines is 1. The summed E-state index contributed by atoms with van der Waals surface area (Å²) in [6, 6.07) is 3.02. The molecule has 0 aliphatic rings. The molecule has 7 heteroatoms. The number of nitrogens with zero attached hydrogens (tertiary/aromatic N) is 3. The molecule has 0 amide bonds. The molecule has 0 aliphatic carbocycles. The first kappa shape index (κ1) is 11.0. The summed E-state index contributed by atoms with van der Waals surface area (Å²) in [6.07, 6.45) is 0. The van der Waals surface area contributed by atoms with Gasteiger partial charge in [-0.05, 0) is 13.0 Å². The van der Waals surface area contributed by atoms with Gasteiger partial charge in [-0.2, -0.15) is 0 Å². The van der Waals surface area contributed by atoms with E-state index in [1.807, 2.05) is 0 Å². The normalized spacial score (nSPS) is 9.73. The molecule has 0 aromatic heterocycles. The summed E-state index contributed by atoms with van der Waals surface area (Å²) in [4.78, 5) is 19.9. The van der Waals surface area contributed by atoms with Gasteiger partial charge >= 0.3 is 0 Å². The van der Waals surface area contributed by atoms with Crippen molar-refractivity contribution in [3.63, 3.8) is 0 Å². The van der Waals surface area contributed by atoms with Crippen LogP contribution in [0.3, 0.4) is 0 Å². The molecule has 0 saturated carbocycles. The van der Waals surface area contributed by atoms with E-state index in [0.29, 0.717) is 0 Å². The summed E-state index contributed by atoms with van der Waals surface area (Å²) in [5, 5.41) is 13.8. The van der Waals surface area contributed by atoms with Crippen molar-refractivity contribution in [2.24, 2.45) is 5.29 Å². The molecular formula is C8H8FN3O3. The van der Waals surface area contributed by atoms with Crippen molar-refractivity contribution in [3.8, 4) is 0 Å². The molecule has 0 unspecified atom stereocenters. The van der Waals surface area contributed by atoms with Gasteiger partial charge in [-0.15, -0.1) is 4.91 Å². The Balaban J connectivity index is 3.12. The van der Waals surface area contributed by atoms with Crippen LogP contribution >= 0.6 is 0 Å². The topological polar surface area (TPSA) is 75.8 Å². The second-order valence-electron chi connectivity index (χ2n) is 2.69. The van der Waals surface area contributed by atoms with E-state index < -0.39 is 10.7 Å². The van der Waals surface area contributed by atoms with E-state index in [1.165, 1.54) is 0 Å². The van der Waals surface area contributed by atoms with Crippen molar-refractivity contribution in [2.75, 3.05) is 11.6 Å². The van der Waals surface area contributed by atoms with Gasteiger partial charge in [0.1, 0.15) is 0 Å². The lowest BCUT2D eigenvalue weighted by Crippen LogP contribution is -2.15. The predicted octanol–water partition coefficient (Wildman–Crippen LogP) is 2.24. The van der Waals surface area contributed by atoms with E-state index in [4.69, 9.17) is 0 Å². The molecule has 1 aromatic carbocycles. The molecule has 0 atom stereocenters. The van der Waals surface area contributed by atoms with Crippen LogP contribution in [-0.4, -0.2) is 11.5 Å². The average molecular weight is 213 g/mol. The van der Waals surface area contributed by atoms with E-state index >= 15 is 0 Å². The summed E-state index contributed by atoms with van der Waals surface area (Å²) < 4.78 is 13.3. The summed E-state index contributed by atoms with van der Waals surface area (Å²) in [5.74, 6) is -0.842. The Morgan fingerprint density at radius 2 is 2.27 bits per heavy atom. The zero-order valence-electron chi connectivity index (χ0n) is 7.88. The zero-order valence-corrected chi connectivity index (χ0v) is 7.88. The first-order valence-electron chi connectivity index (χ1n) is 4.15. The third kappa shape index (κ3) is 2.25. The predicted molar refractivity (Wildman–Crippen MR) is 51.9 cm³/mol. The maximum Gasteiger partial charge on any atom is 0.272 e. The van der Waals surface area contributed by atoms with Gasteiger partial charge in [-0.3, -0.25) is 10.1 Å². The summed E-state index contributed by atoms with van der Waals surface area (Å²) in [5.41, 5.74) is -0.434. The molecule has 0 spiro atoms. The minimum absolute atomic E-state index is 0.0712. The highest BCUT2D eigenvalue weighted by molar-refractivity contribution is 5.51. The molecule has 0 aliphatic heterocycles. The highest BCUT2D eigenvalue weighted by Gasteiger charge is 2.14. The molecule has 6 nitrogen and oxygen atoms in total. The number of halogens is 1. The summed E-state index contributed by atoms with van der Waals surface area (Å²) >= 11 is 0. The summed E-state index contributed by atoms with van der Waals surface area (Å²) in [7, 11) is 0. The van der Waals surface area contributed by atoms with Crippen LogP contribution < -0.4 is 5.01 Å². The Kier molecular flexibility index (Phi) is 3.27. The minimum Gasteiger partial charge on any atom is -0.258 e. The Morgan fingerprint density at radius 3 is 2.67 bits per heavy atom. The molecule has 0 saturated heterocycles. The fraction of sp³-hybridized carbons (Fsp3) is 0.250. The van der Waals surface area contributed by atoms with Gasteiger partial charge in [-0.25, -0.2) is 9.40 Å². The molecular weight excluding hydrogens is 205 g/mol. The van der Waals surface area contributed by atoms with Crippen molar-refractivity contribution in [1.29, 1.82) is 0 Å². The third-order valence-electron chi connectivity index (χ3n) is 1.82. The molecule has 1 rings (SSSR count). The van der Waals surface area contributed by atoms with Crippen LogP contribution in [0.1, 0.15) is 6.92 Å². The smallest absolute Gasteiger partial charge is 0.258 e. The molecule has 0 fully saturated rings. The molecule has 0 radical (unpaired) electrons. The number of benzene rings is 1. The van der Waals surface area contributed by atoms with Gasteiger partial charge < -0.3 is 0 Å². The first-order chi connectivity index (χ1) is 7.10. The lowest BCUT2D eigenvalue weighted by Gasteiger charge is -2.12. The van der Waals surface area contributed by atoms with E-state index in [0.717, 1.165) is 23.2 Å². The summed E-state index contributed by atoms with van der Waals surface area (Å²) in [6.45, 7) is 1.81. The first-order valence-corrected chi connectivity index (χ1v) is 4.15. The number of rotatable bonds is 4. The Labute approximate surface area is 84.4 Å². The average Bonchev–Trinajstić information content (AvgIpc) is 2.21. The van der Waals surface area contributed by atoms with Crippen LogP contribution in [0.15, 0.2) is 23.5 Å². The van der Waals surface area contributed by atoms with Crippen LogP contribution in [0.25, 0.3) is 0 Å². The van der Waals surface area contributed by atoms with Crippen molar-refractivity contribution in [1.82, 2.24) is 0 Å². The monoisotopic (exact) mass is 213 g/mol. The molecule has 15 heavy (non-hydrogen) atoms. The van der Waals surface area contributed by atoms with Gasteiger partial charge in [-0.1, -0.05) is 0 Å². The molecule has 80 valence electrons. The second-order valence-corrected chi connectivity index (χ2v) is 2.69. The van der Waals surface area contributed by atoms with Crippen LogP contribution in [-0.2, 0) is 0 Å². The quantitative estimate of drug-likeness (QED) is 0.436. The van der Waals surface area contributed by atoms with Crippen LogP contribution in [0.4, 0.5) is 15.8 Å².